The molecule has 0 bridgehead atoms. The molecule has 0 saturated heterocycles. The number of methoxy groups -OCH3 is 1. The predicted octanol–water partition coefficient (Wildman–Crippen LogP) is 11.9. The molecule has 1 aliphatic rings. The van der Waals surface area contributed by atoms with Crippen LogP contribution in [0, 0.1) is 11.8 Å². The zero-order valence-electron chi connectivity index (χ0n) is 34.8. The van der Waals surface area contributed by atoms with Crippen molar-refractivity contribution in [2.75, 3.05) is 40.5 Å². The van der Waals surface area contributed by atoms with Gasteiger partial charge in [-0.15, -0.1) is 0 Å². The normalized spacial score (nSPS) is 15.7. The first kappa shape index (κ1) is 48.4. The summed E-state index contributed by atoms with van der Waals surface area (Å²) in [6.45, 7) is 7.13. The van der Waals surface area contributed by atoms with E-state index < -0.39 is 5.60 Å². The van der Waals surface area contributed by atoms with Crippen LogP contribution in [0.3, 0.4) is 0 Å². The summed E-state index contributed by atoms with van der Waals surface area (Å²) < 4.78 is 16.6. The summed E-state index contributed by atoms with van der Waals surface area (Å²) in [7, 11) is 3.76. The maximum Gasteiger partial charge on any atom is 0.312 e. The lowest BCUT2D eigenvalue weighted by Gasteiger charge is -2.29. The van der Waals surface area contributed by atoms with Crippen molar-refractivity contribution in [2.45, 2.75) is 212 Å². The highest BCUT2D eigenvalue weighted by Gasteiger charge is 2.26. The van der Waals surface area contributed by atoms with Gasteiger partial charge in [0.05, 0.1) is 30.7 Å². The molecule has 0 aliphatic carbocycles. The number of rotatable bonds is 37. The second-order valence-corrected chi connectivity index (χ2v) is 16.1. The highest BCUT2D eigenvalue weighted by Crippen LogP contribution is 2.29. The van der Waals surface area contributed by atoms with Gasteiger partial charge in [0, 0.05) is 27.3 Å². The lowest BCUT2D eigenvalue weighted by Crippen LogP contribution is -2.29. The Morgan fingerprint density at radius 1 is 0.654 bits per heavy atom. The van der Waals surface area contributed by atoms with E-state index in [0.29, 0.717) is 13.2 Å². The molecule has 0 aromatic rings. The minimum absolute atomic E-state index is 0.0327. The molecular weight excluding hydrogens is 650 g/mol. The fraction of sp³-hybridized carbons (Fsp3) is 0.911. The molecule has 0 fully saturated rings. The number of nitrogens with zero attached hydrogens (tertiary/aromatic N) is 1. The molecule has 1 aliphatic heterocycles. The molecule has 7 heteroatoms. The Morgan fingerprint density at radius 3 is 1.62 bits per heavy atom. The molecule has 1 heterocycles. The van der Waals surface area contributed by atoms with Gasteiger partial charge in [-0.25, -0.2) is 0 Å². The molecule has 0 aromatic carbocycles. The summed E-state index contributed by atoms with van der Waals surface area (Å²) in [6.07, 6.45) is 36.8. The number of aliphatic hydroxyl groups is 1. The number of esters is 2. The van der Waals surface area contributed by atoms with Crippen LogP contribution >= 0.6 is 0 Å². The van der Waals surface area contributed by atoms with E-state index in [1.165, 1.54) is 77.0 Å². The quantitative estimate of drug-likeness (QED) is 0.0502. The number of unbranched alkanes of at least 4 members (excludes halogenated alkanes) is 19. The van der Waals surface area contributed by atoms with Gasteiger partial charge in [0.25, 0.3) is 0 Å². The topological polar surface area (TPSA) is 85.3 Å². The molecule has 0 radical (unpaired) electrons. The minimum Gasteiger partial charge on any atom is -0.465 e. The second kappa shape index (κ2) is 33.9. The fourth-order valence-electron chi connectivity index (χ4n) is 7.50. The van der Waals surface area contributed by atoms with Crippen molar-refractivity contribution in [3.63, 3.8) is 0 Å². The fourth-order valence-corrected chi connectivity index (χ4v) is 7.50. The van der Waals surface area contributed by atoms with E-state index in [9.17, 15) is 14.7 Å². The van der Waals surface area contributed by atoms with E-state index in [2.05, 4.69) is 18.7 Å². The Balaban J connectivity index is 2.41. The van der Waals surface area contributed by atoms with E-state index in [4.69, 9.17) is 14.2 Å². The zero-order chi connectivity index (χ0) is 38.0. The Kier molecular flexibility index (Phi) is 31.6. The number of carbonyl (C=O) groups excluding carboxylic acids is 2. The third-order valence-corrected chi connectivity index (χ3v) is 11.1. The van der Waals surface area contributed by atoms with Gasteiger partial charge in [0.1, 0.15) is 0 Å². The molecule has 0 saturated carbocycles. The lowest BCUT2D eigenvalue weighted by molar-refractivity contribution is -0.149. The Hall–Kier alpha value is -1.60. The Morgan fingerprint density at radius 2 is 1.10 bits per heavy atom. The van der Waals surface area contributed by atoms with Crippen molar-refractivity contribution in [1.82, 2.24) is 4.90 Å². The van der Waals surface area contributed by atoms with E-state index in [0.717, 1.165) is 129 Å². The second-order valence-electron chi connectivity index (χ2n) is 16.1. The molecule has 1 N–H and O–H groups in total. The standard InChI is InChI=1S/C45H85NO6/c1-5-7-9-11-13-15-21-29-41(30-22-16-14-12-10-8-6-2)43(47)51-39-27-20-18-24-34-45(49,33-23-17-19-26-38-50-4)35-25-28-40-52-44(48)42-31-36-46(3)37-32-42/h31,36,41-42,49H,5-30,32-35,37-40H2,1-4H3. The molecule has 0 aromatic heterocycles. The van der Waals surface area contributed by atoms with Gasteiger partial charge in [-0.2, -0.15) is 0 Å². The summed E-state index contributed by atoms with van der Waals surface area (Å²) in [4.78, 5) is 27.7. The van der Waals surface area contributed by atoms with Gasteiger partial charge in [0.2, 0.25) is 0 Å². The monoisotopic (exact) mass is 736 g/mol. The summed E-state index contributed by atoms with van der Waals surface area (Å²) in [5.74, 6) is -0.171. The average molecular weight is 736 g/mol. The van der Waals surface area contributed by atoms with Gasteiger partial charge in [-0.3, -0.25) is 9.59 Å². The van der Waals surface area contributed by atoms with Crippen molar-refractivity contribution in [1.29, 1.82) is 0 Å². The van der Waals surface area contributed by atoms with Crippen LogP contribution in [0.5, 0.6) is 0 Å². The smallest absolute Gasteiger partial charge is 0.312 e. The third kappa shape index (κ3) is 27.1. The van der Waals surface area contributed by atoms with Gasteiger partial charge in [-0.05, 0) is 70.4 Å². The SMILES string of the molecule is CCCCCCCCCC(CCCCCCCCC)C(=O)OCCCCCCC(O)(CCCCCCOC)CCCCOC(=O)C1C=CN(C)CC1. The molecule has 2 atom stereocenters. The number of ether oxygens (including phenoxy) is 3. The van der Waals surface area contributed by atoms with Crippen LogP contribution in [-0.2, 0) is 23.8 Å². The predicted molar refractivity (Wildman–Crippen MR) is 217 cm³/mol. The molecular formula is C45H85NO6. The van der Waals surface area contributed by atoms with Gasteiger partial charge in [-0.1, -0.05) is 148 Å². The number of hydrogen-bond acceptors (Lipinski definition) is 7. The van der Waals surface area contributed by atoms with Crippen molar-refractivity contribution >= 4 is 11.9 Å². The highest BCUT2D eigenvalue weighted by molar-refractivity contribution is 5.74. The van der Waals surface area contributed by atoms with E-state index >= 15 is 0 Å². The van der Waals surface area contributed by atoms with Gasteiger partial charge < -0.3 is 24.2 Å². The first-order valence-electron chi connectivity index (χ1n) is 22.3. The third-order valence-electron chi connectivity index (χ3n) is 11.1. The van der Waals surface area contributed by atoms with E-state index in [-0.39, 0.29) is 23.8 Å². The van der Waals surface area contributed by atoms with Crippen molar-refractivity contribution in [2.24, 2.45) is 11.8 Å². The summed E-state index contributed by atoms with van der Waals surface area (Å²) in [6, 6.07) is 0. The van der Waals surface area contributed by atoms with Crippen molar-refractivity contribution in [3.8, 4) is 0 Å². The molecule has 1 rings (SSSR count). The summed E-state index contributed by atoms with van der Waals surface area (Å²) >= 11 is 0. The van der Waals surface area contributed by atoms with Crippen LogP contribution < -0.4 is 0 Å². The maximum atomic E-state index is 13.1. The first-order valence-corrected chi connectivity index (χ1v) is 22.3. The van der Waals surface area contributed by atoms with Crippen LogP contribution in [0.1, 0.15) is 206 Å². The van der Waals surface area contributed by atoms with Crippen LogP contribution in [0.25, 0.3) is 0 Å². The molecule has 306 valence electrons. The Bertz CT molecular complexity index is 847. The Labute approximate surface area is 321 Å². The first-order chi connectivity index (χ1) is 25.3. The molecule has 0 spiro atoms. The largest absolute Gasteiger partial charge is 0.465 e. The zero-order valence-corrected chi connectivity index (χ0v) is 34.8. The van der Waals surface area contributed by atoms with E-state index in [1.807, 2.05) is 19.3 Å². The summed E-state index contributed by atoms with van der Waals surface area (Å²) in [5, 5.41) is 11.7. The van der Waals surface area contributed by atoms with Crippen molar-refractivity contribution in [3.05, 3.63) is 12.3 Å². The van der Waals surface area contributed by atoms with Gasteiger partial charge >= 0.3 is 11.9 Å². The van der Waals surface area contributed by atoms with Crippen LogP contribution in [0.4, 0.5) is 0 Å². The van der Waals surface area contributed by atoms with Crippen LogP contribution in [-0.4, -0.2) is 68.1 Å². The molecule has 0 amide bonds. The van der Waals surface area contributed by atoms with Crippen molar-refractivity contribution < 1.29 is 28.9 Å². The minimum atomic E-state index is -0.673. The van der Waals surface area contributed by atoms with Gasteiger partial charge in [0.15, 0.2) is 0 Å². The van der Waals surface area contributed by atoms with E-state index in [1.54, 1.807) is 7.11 Å². The van der Waals surface area contributed by atoms with Crippen LogP contribution in [0.15, 0.2) is 12.3 Å². The highest BCUT2D eigenvalue weighted by atomic mass is 16.5. The molecule has 52 heavy (non-hydrogen) atoms. The summed E-state index contributed by atoms with van der Waals surface area (Å²) in [5.41, 5.74) is -0.673. The number of carbonyl (C=O) groups is 2. The molecule has 7 nitrogen and oxygen atoms in total. The lowest BCUT2D eigenvalue weighted by atomic mass is 9.85. The number of hydrogen-bond donors (Lipinski definition) is 1. The average Bonchev–Trinajstić information content (AvgIpc) is 3.14. The molecule has 2 unspecified atom stereocenters. The maximum absolute atomic E-state index is 13.1. The van der Waals surface area contributed by atoms with Crippen LogP contribution in [0.2, 0.25) is 0 Å².